The Labute approximate surface area is 160 Å². The van der Waals surface area contributed by atoms with Gasteiger partial charge in [-0.15, -0.1) is 0 Å². The molecule has 2 nitrogen and oxygen atoms in total. The van der Waals surface area contributed by atoms with Crippen LogP contribution in [0, 0.1) is 35.5 Å². The molecule has 0 spiro atoms. The van der Waals surface area contributed by atoms with E-state index in [4.69, 9.17) is 4.74 Å². The molecule has 2 heteroatoms. The molecule has 1 aromatic carbocycles. The molecule has 2 aliphatic carbocycles. The number of fused-ring (bicyclic) bond motifs is 1. The molecule has 1 N–H and O–H groups in total. The largest absolute Gasteiger partial charge is 0.497 e. The summed E-state index contributed by atoms with van der Waals surface area (Å²) >= 11 is 0. The van der Waals surface area contributed by atoms with Crippen LogP contribution in [0.2, 0.25) is 0 Å². The van der Waals surface area contributed by atoms with Gasteiger partial charge in [0.05, 0.1) is 7.11 Å². The van der Waals surface area contributed by atoms with Crippen LogP contribution in [0.5, 0.6) is 5.75 Å². The SMILES string of the molecule is COc1cc(C)cc(CC[C@H]2[C@@H](CO)CC[C@H]3C(C)(C)CCC[C@]23C)c1. The van der Waals surface area contributed by atoms with Crippen molar-refractivity contribution in [2.45, 2.75) is 72.6 Å². The minimum atomic E-state index is 0.352. The van der Waals surface area contributed by atoms with Crippen molar-refractivity contribution >= 4 is 0 Å². The lowest BCUT2D eigenvalue weighted by atomic mass is 9.46. The molecule has 0 unspecified atom stereocenters. The van der Waals surface area contributed by atoms with Gasteiger partial charge in [0.1, 0.15) is 5.75 Å². The molecule has 3 rings (SSSR count). The number of hydrogen-bond acceptors (Lipinski definition) is 2. The Morgan fingerprint density at radius 2 is 1.88 bits per heavy atom. The molecule has 0 aromatic heterocycles. The molecule has 2 saturated carbocycles. The first kappa shape index (κ1) is 19.7. The van der Waals surface area contributed by atoms with Crippen molar-refractivity contribution in [3.8, 4) is 5.75 Å². The zero-order chi connectivity index (χ0) is 18.9. The van der Waals surface area contributed by atoms with E-state index in [9.17, 15) is 5.11 Å². The molecule has 1 aromatic rings. The number of hydrogen-bond donors (Lipinski definition) is 1. The third-order valence-electron chi connectivity index (χ3n) is 7.84. The fraction of sp³-hybridized carbons (Fsp3) is 0.750. The summed E-state index contributed by atoms with van der Waals surface area (Å²) in [7, 11) is 1.75. The van der Waals surface area contributed by atoms with Crippen LogP contribution >= 0.6 is 0 Å². The normalized spacial score (nSPS) is 33.5. The van der Waals surface area contributed by atoms with Gasteiger partial charge in [-0.25, -0.2) is 0 Å². The molecule has 0 radical (unpaired) electrons. The van der Waals surface area contributed by atoms with Gasteiger partial charge in [-0.05, 0) is 97.3 Å². The van der Waals surface area contributed by atoms with Gasteiger partial charge < -0.3 is 9.84 Å². The summed E-state index contributed by atoms with van der Waals surface area (Å²) in [5.74, 6) is 2.85. The standard InChI is InChI=1S/C24H38O2/c1-17-13-18(15-20(14-17)26-5)7-9-21-19(16-25)8-10-22-23(2,3)11-6-12-24(21,22)4/h13-15,19,21-22,25H,6-12,16H2,1-5H3/t19-,21+,22+,24-/m1/s1. The average molecular weight is 359 g/mol. The summed E-state index contributed by atoms with van der Waals surface area (Å²) in [4.78, 5) is 0. The van der Waals surface area contributed by atoms with Crippen LogP contribution in [-0.2, 0) is 6.42 Å². The molecule has 0 amide bonds. The van der Waals surface area contributed by atoms with Crippen molar-refractivity contribution in [1.82, 2.24) is 0 Å². The minimum absolute atomic E-state index is 0.352. The molecule has 0 saturated heterocycles. The highest BCUT2D eigenvalue weighted by Gasteiger charge is 2.53. The molecule has 146 valence electrons. The highest BCUT2D eigenvalue weighted by Crippen LogP contribution is 2.61. The third-order valence-corrected chi connectivity index (χ3v) is 7.84. The van der Waals surface area contributed by atoms with Crippen LogP contribution in [-0.4, -0.2) is 18.8 Å². The predicted octanol–water partition coefficient (Wildman–Crippen LogP) is 5.79. The van der Waals surface area contributed by atoms with E-state index in [1.54, 1.807) is 7.11 Å². The first-order valence-corrected chi connectivity index (χ1v) is 10.6. The van der Waals surface area contributed by atoms with Crippen molar-refractivity contribution in [3.63, 3.8) is 0 Å². The highest BCUT2D eigenvalue weighted by atomic mass is 16.5. The van der Waals surface area contributed by atoms with E-state index in [0.29, 0.717) is 29.3 Å². The summed E-state index contributed by atoms with van der Waals surface area (Å²) in [6.45, 7) is 10.0. The lowest BCUT2D eigenvalue weighted by Crippen LogP contribution is -2.52. The second kappa shape index (κ2) is 7.54. The number of aryl methyl sites for hydroxylation is 2. The van der Waals surface area contributed by atoms with Crippen LogP contribution in [0.25, 0.3) is 0 Å². The summed E-state index contributed by atoms with van der Waals surface area (Å²) < 4.78 is 5.46. The van der Waals surface area contributed by atoms with Crippen molar-refractivity contribution in [2.75, 3.05) is 13.7 Å². The van der Waals surface area contributed by atoms with Crippen LogP contribution in [0.3, 0.4) is 0 Å². The number of ether oxygens (including phenoxy) is 1. The maximum absolute atomic E-state index is 10.1. The molecule has 0 bridgehead atoms. The van der Waals surface area contributed by atoms with Crippen LogP contribution in [0.1, 0.15) is 70.4 Å². The van der Waals surface area contributed by atoms with E-state index in [-0.39, 0.29) is 0 Å². The van der Waals surface area contributed by atoms with Crippen molar-refractivity contribution in [2.24, 2.45) is 28.6 Å². The second-order valence-corrected chi connectivity index (χ2v) is 9.92. The van der Waals surface area contributed by atoms with Crippen molar-refractivity contribution < 1.29 is 9.84 Å². The van der Waals surface area contributed by atoms with Crippen LogP contribution < -0.4 is 4.74 Å². The van der Waals surface area contributed by atoms with E-state index in [1.807, 2.05) is 0 Å². The zero-order valence-corrected chi connectivity index (χ0v) is 17.5. The first-order chi connectivity index (χ1) is 12.3. The summed E-state index contributed by atoms with van der Waals surface area (Å²) in [5, 5.41) is 10.1. The Morgan fingerprint density at radius 3 is 2.58 bits per heavy atom. The summed E-state index contributed by atoms with van der Waals surface area (Å²) in [5.41, 5.74) is 3.46. The van der Waals surface area contributed by atoms with Gasteiger partial charge in [-0.1, -0.05) is 33.3 Å². The molecular formula is C24H38O2. The molecular weight excluding hydrogens is 320 g/mol. The molecule has 2 fully saturated rings. The van der Waals surface area contributed by atoms with Crippen LogP contribution in [0.4, 0.5) is 0 Å². The monoisotopic (exact) mass is 358 g/mol. The lowest BCUT2D eigenvalue weighted by Gasteiger charge is -2.59. The van der Waals surface area contributed by atoms with Gasteiger partial charge in [-0.3, -0.25) is 0 Å². The number of aliphatic hydroxyl groups is 1. The highest BCUT2D eigenvalue weighted by molar-refractivity contribution is 5.34. The smallest absolute Gasteiger partial charge is 0.119 e. The van der Waals surface area contributed by atoms with E-state index >= 15 is 0 Å². The van der Waals surface area contributed by atoms with Gasteiger partial charge in [-0.2, -0.15) is 0 Å². The van der Waals surface area contributed by atoms with Crippen molar-refractivity contribution in [1.29, 1.82) is 0 Å². The fourth-order valence-electron chi connectivity index (χ4n) is 6.64. The molecule has 0 heterocycles. The Kier molecular flexibility index (Phi) is 5.72. The topological polar surface area (TPSA) is 29.5 Å². The molecule has 0 aliphatic heterocycles. The Morgan fingerprint density at radius 1 is 1.12 bits per heavy atom. The maximum atomic E-state index is 10.1. The number of aliphatic hydroxyl groups excluding tert-OH is 1. The summed E-state index contributed by atoms with van der Waals surface area (Å²) in [6, 6.07) is 6.58. The van der Waals surface area contributed by atoms with Gasteiger partial charge in [0.15, 0.2) is 0 Å². The lowest BCUT2D eigenvalue weighted by molar-refractivity contribution is -0.108. The molecule has 4 atom stereocenters. The van der Waals surface area contributed by atoms with E-state index in [2.05, 4.69) is 45.9 Å². The Bertz CT molecular complexity index is 621. The second-order valence-electron chi connectivity index (χ2n) is 9.92. The van der Waals surface area contributed by atoms with Gasteiger partial charge >= 0.3 is 0 Å². The number of rotatable bonds is 5. The number of benzene rings is 1. The minimum Gasteiger partial charge on any atom is -0.497 e. The number of methoxy groups -OCH3 is 1. The zero-order valence-electron chi connectivity index (χ0n) is 17.5. The third kappa shape index (κ3) is 3.67. The Balaban J connectivity index is 1.82. The van der Waals surface area contributed by atoms with Gasteiger partial charge in [0, 0.05) is 6.61 Å². The average Bonchev–Trinajstić information content (AvgIpc) is 2.58. The van der Waals surface area contributed by atoms with Crippen molar-refractivity contribution in [3.05, 3.63) is 29.3 Å². The predicted molar refractivity (Wildman–Crippen MR) is 109 cm³/mol. The molecule has 26 heavy (non-hydrogen) atoms. The molecule has 2 aliphatic rings. The quantitative estimate of drug-likeness (QED) is 0.722. The van der Waals surface area contributed by atoms with Crippen LogP contribution in [0.15, 0.2) is 18.2 Å². The van der Waals surface area contributed by atoms with E-state index in [1.165, 1.54) is 49.7 Å². The first-order valence-electron chi connectivity index (χ1n) is 10.6. The fourth-order valence-corrected chi connectivity index (χ4v) is 6.64. The van der Waals surface area contributed by atoms with Gasteiger partial charge in [0.2, 0.25) is 0 Å². The Hall–Kier alpha value is -1.02. The van der Waals surface area contributed by atoms with E-state index < -0.39 is 0 Å². The summed E-state index contributed by atoms with van der Waals surface area (Å²) in [6.07, 6.45) is 8.79. The van der Waals surface area contributed by atoms with Gasteiger partial charge in [0.25, 0.3) is 0 Å². The van der Waals surface area contributed by atoms with E-state index in [0.717, 1.165) is 18.1 Å². The maximum Gasteiger partial charge on any atom is 0.119 e.